The smallest absolute Gasteiger partial charge is 0.322 e. The van der Waals surface area contributed by atoms with E-state index in [9.17, 15) is 18.3 Å². The van der Waals surface area contributed by atoms with Crippen LogP contribution in [0.5, 0.6) is 0 Å². The summed E-state index contributed by atoms with van der Waals surface area (Å²) in [5.74, 6) is -1.11. The first-order valence-electron chi connectivity index (χ1n) is 7.01. The topological polar surface area (TPSA) is 87.6 Å². The van der Waals surface area contributed by atoms with Crippen LogP contribution in [0.25, 0.3) is 10.9 Å². The van der Waals surface area contributed by atoms with Gasteiger partial charge in [0, 0.05) is 18.1 Å². The zero-order valence-corrected chi connectivity index (χ0v) is 12.9. The normalized spacial score (nSPS) is 19.6. The van der Waals surface area contributed by atoms with E-state index in [-0.39, 0.29) is 11.4 Å². The molecule has 0 saturated carbocycles. The number of nitrogens with zero attached hydrogens (tertiary/aromatic N) is 2. The molecule has 2 heterocycles. The second-order valence-electron chi connectivity index (χ2n) is 5.45. The molecule has 2 aromatic rings. The zero-order valence-electron chi connectivity index (χ0n) is 12.1. The summed E-state index contributed by atoms with van der Waals surface area (Å²) in [6, 6.07) is 5.80. The number of rotatable bonds is 3. The molecule has 1 aliphatic heterocycles. The minimum absolute atomic E-state index is 0.0677. The minimum Gasteiger partial charge on any atom is -0.480 e. The monoisotopic (exact) mass is 320 g/mol. The van der Waals surface area contributed by atoms with Gasteiger partial charge in [-0.2, -0.15) is 4.31 Å². The first kappa shape index (κ1) is 14.9. The molecule has 22 heavy (non-hydrogen) atoms. The number of aliphatic carboxylic acids is 1. The van der Waals surface area contributed by atoms with Gasteiger partial charge in [-0.05, 0) is 37.5 Å². The number of carbonyl (C=O) groups is 1. The highest BCUT2D eigenvalue weighted by Crippen LogP contribution is 2.30. The van der Waals surface area contributed by atoms with Crippen LogP contribution in [-0.4, -0.2) is 41.4 Å². The predicted octanol–water partition coefficient (Wildman–Crippen LogP) is 1.78. The molecule has 116 valence electrons. The van der Waals surface area contributed by atoms with Gasteiger partial charge in [-0.25, -0.2) is 8.42 Å². The number of hydrogen-bond acceptors (Lipinski definition) is 4. The van der Waals surface area contributed by atoms with E-state index in [1.807, 2.05) is 13.0 Å². The van der Waals surface area contributed by atoms with Crippen LogP contribution in [0, 0.1) is 6.92 Å². The highest BCUT2D eigenvalue weighted by atomic mass is 32.2. The molecule has 3 rings (SSSR count). The second kappa shape index (κ2) is 5.33. The lowest BCUT2D eigenvalue weighted by Gasteiger charge is -2.21. The summed E-state index contributed by atoms with van der Waals surface area (Å²) in [5.41, 5.74) is 1.32. The average molecular weight is 320 g/mol. The van der Waals surface area contributed by atoms with Crippen molar-refractivity contribution >= 4 is 26.9 Å². The lowest BCUT2D eigenvalue weighted by atomic mass is 10.2. The Kier molecular flexibility index (Phi) is 3.62. The van der Waals surface area contributed by atoms with Gasteiger partial charge in [0.1, 0.15) is 10.9 Å². The molecule has 1 aromatic carbocycles. The van der Waals surface area contributed by atoms with Crippen LogP contribution in [-0.2, 0) is 14.8 Å². The Morgan fingerprint density at radius 2 is 2.18 bits per heavy atom. The highest BCUT2D eigenvalue weighted by Gasteiger charge is 2.40. The van der Waals surface area contributed by atoms with Crippen molar-refractivity contribution in [2.24, 2.45) is 0 Å². The number of para-hydroxylation sites is 1. The summed E-state index contributed by atoms with van der Waals surface area (Å²) < 4.78 is 26.8. The van der Waals surface area contributed by atoms with Gasteiger partial charge in [0.25, 0.3) is 0 Å². The van der Waals surface area contributed by atoms with Crippen LogP contribution in [0.15, 0.2) is 35.4 Å². The van der Waals surface area contributed by atoms with E-state index in [1.165, 1.54) is 6.07 Å². The Morgan fingerprint density at radius 3 is 2.91 bits per heavy atom. The molecular weight excluding hydrogens is 304 g/mol. The van der Waals surface area contributed by atoms with Crippen LogP contribution >= 0.6 is 0 Å². The highest BCUT2D eigenvalue weighted by molar-refractivity contribution is 7.89. The van der Waals surface area contributed by atoms with Gasteiger partial charge in [0.15, 0.2) is 0 Å². The third-order valence-electron chi connectivity index (χ3n) is 3.89. The number of fused-ring (bicyclic) bond motifs is 1. The van der Waals surface area contributed by atoms with Crippen LogP contribution in [0.4, 0.5) is 0 Å². The lowest BCUT2D eigenvalue weighted by molar-refractivity contribution is -0.140. The second-order valence-corrected chi connectivity index (χ2v) is 7.31. The van der Waals surface area contributed by atoms with Gasteiger partial charge < -0.3 is 5.11 Å². The summed E-state index contributed by atoms with van der Waals surface area (Å²) in [7, 11) is -3.88. The van der Waals surface area contributed by atoms with E-state index in [0.29, 0.717) is 18.4 Å². The number of aryl methyl sites for hydroxylation is 1. The quantitative estimate of drug-likeness (QED) is 0.931. The van der Waals surface area contributed by atoms with Crippen molar-refractivity contribution in [3.63, 3.8) is 0 Å². The summed E-state index contributed by atoms with van der Waals surface area (Å²) in [6.07, 6.45) is 2.50. The minimum atomic E-state index is -3.88. The molecule has 1 N–H and O–H groups in total. The first-order valence-corrected chi connectivity index (χ1v) is 8.45. The van der Waals surface area contributed by atoms with Crippen molar-refractivity contribution in [1.82, 2.24) is 9.29 Å². The standard InChI is InChI=1S/C15H16N2O4S/c1-10-8-11-4-2-6-13(14(11)16-9-10)22(20,21)17-7-3-5-12(17)15(18)19/h2,4,6,8-9,12H,3,5,7H2,1H3,(H,18,19). The van der Waals surface area contributed by atoms with E-state index in [4.69, 9.17) is 0 Å². The third kappa shape index (κ3) is 2.36. The number of sulfonamides is 1. The van der Waals surface area contributed by atoms with E-state index in [1.54, 1.807) is 18.3 Å². The number of carboxylic acids is 1. The Labute approximate surface area is 128 Å². The molecule has 1 unspecified atom stereocenters. The van der Waals surface area contributed by atoms with Gasteiger partial charge in [0.05, 0.1) is 5.52 Å². The first-order chi connectivity index (χ1) is 10.4. The van der Waals surface area contributed by atoms with Gasteiger partial charge >= 0.3 is 5.97 Å². The molecule has 0 amide bonds. The number of pyridine rings is 1. The third-order valence-corrected chi connectivity index (χ3v) is 5.83. The fourth-order valence-electron chi connectivity index (χ4n) is 2.85. The van der Waals surface area contributed by atoms with Crippen molar-refractivity contribution in [2.45, 2.75) is 30.7 Å². The van der Waals surface area contributed by atoms with E-state index < -0.39 is 22.0 Å². The molecular formula is C15H16N2O4S. The fraction of sp³-hybridized carbons (Fsp3) is 0.333. The summed E-state index contributed by atoms with van der Waals surface area (Å²) >= 11 is 0. The maximum absolute atomic E-state index is 12.9. The molecule has 1 atom stereocenters. The van der Waals surface area contributed by atoms with Crippen LogP contribution in [0.1, 0.15) is 18.4 Å². The number of aromatic nitrogens is 1. The van der Waals surface area contributed by atoms with E-state index in [0.717, 1.165) is 15.3 Å². The number of carboxylic acid groups (broad SMARTS) is 1. The maximum Gasteiger partial charge on any atom is 0.322 e. The number of benzene rings is 1. The zero-order chi connectivity index (χ0) is 15.9. The molecule has 7 heteroatoms. The molecule has 0 bridgehead atoms. The fourth-order valence-corrected chi connectivity index (χ4v) is 4.67. The maximum atomic E-state index is 12.9. The number of hydrogen-bond donors (Lipinski definition) is 1. The van der Waals surface area contributed by atoms with Crippen molar-refractivity contribution in [3.05, 3.63) is 36.0 Å². The lowest BCUT2D eigenvalue weighted by Crippen LogP contribution is -2.40. The molecule has 1 saturated heterocycles. The molecule has 6 nitrogen and oxygen atoms in total. The molecule has 1 fully saturated rings. The molecule has 0 aliphatic carbocycles. The van der Waals surface area contributed by atoms with Crippen molar-refractivity contribution in [3.8, 4) is 0 Å². The molecule has 0 spiro atoms. The Morgan fingerprint density at radius 1 is 1.41 bits per heavy atom. The molecule has 1 aliphatic rings. The van der Waals surface area contributed by atoms with Gasteiger partial charge in [-0.1, -0.05) is 12.1 Å². The van der Waals surface area contributed by atoms with Crippen LogP contribution in [0.3, 0.4) is 0 Å². The molecule has 0 radical (unpaired) electrons. The molecule has 1 aromatic heterocycles. The van der Waals surface area contributed by atoms with E-state index in [2.05, 4.69) is 4.98 Å². The summed E-state index contributed by atoms with van der Waals surface area (Å²) in [6.45, 7) is 2.11. The Hall–Kier alpha value is -1.99. The van der Waals surface area contributed by atoms with Gasteiger partial charge in [0.2, 0.25) is 10.0 Å². The van der Waals surface area contributed by atoms with Crippen LogP contribution < -0.4 is 0 Å². The average Bonchev–Trinajstić information content (AvgIpc) is 2.96. The van der Waals surface area contributed by atoms with Gasteiger partial charge in [-0.15, -0.1) is 0 Å². The van der Waals surface area contributed by atoms with Gasteiger partial charge in [-0.3, -0.25) is 9.78 Å². The summed E-state index contributed by atoms with van der Waals surface area (Å²) in [5, 5.41) is 9.95. The predicted molar refractivity (Wildman–Crippen MR) is 81.0 cm³/mol. The van der Waals surface area contributed by atoms with Crippen molar-refractivity contribution < 1.29 is 18.3 Å². The van der Waals surface area contributed by atoms with Crippen LogP contribution in [0.2, 0.25) is 0 Å². The Bertz CT molecular complexity index is 848. The SMILES string of the molecule is Cc1cnc2c(S(=O)(=O)N3CCCC3C(=O)O)cccc2c1. The Balaban J connectivity index is 2.15. The van der Waals surface area contributed by atoms with Crippen molar-refractivity contribution in [2.75, 3.05) is 6.54 Å². The van der Waals surface area contributed by atoms with E-state index >= 15 is 0 Å². The largest absolute Gasteiger partial charge is 0.480 e. The van der Waals surface area contributed by atoms with Crippen molar-refractivity contribution in [1.29, 1.82) is 0 Å². The summed E-state index contributed by atoms with van der Waals surface area (Å²) in [4.78, 5) is 15.6.